The number of rotatable bonds is 4. The number of ether oxygens (including phenoxy) is 1. The van der Waals surface area contributed by atoms with Gasteiger partial charge in [0.25, 0.3) is 10.0 Å². The molecule has 0 radical (unpaired) electrons. The zero-order valence-electron chi connectivity index (χ0n) is 12.6. The van der Waals surface area contributed by atoms with Crippen LogP contribution in [-0.4, -0.2) is 44.9 Å². The van der Waals surface area contributed by atoms with Crippen LogP contribution in [0.3, 0.4) is 0 Å². The van der Waals surface area contributed by atoms with E-state index in [2.05, 4.69) is 4.74 Å². The normalized spacial score (nSPS) is 19.5. The van der Waals surface area contributed by atoms with E-state index in [1.165, 1.54) is 24.4 Å². The first-order chi connectivity index (χ1) is 9.91. The summed E-state index contributed by atoms with van der Waals surface area (Å²) in [4.78, 5) is 11.6. The summed E-state index contributed by atoms with van der Waals surface area (Å²) in [5, 5.41) is -0.235. The number of halogens is 1. The summed E-state index contributed by atoms with van der Waals surface area (Å²) < 4.78 is 36.6. The number of esters is 1. The lowest BCUT2D eigenvalue weighted by atomic mass is 10.1. The molecule has 1 atom stereocenters. The Labute approximate surface area is 136 Å². The van der Waals surface area contributed by atoms with Crippen LogP contribution in [0, 0.1) is 6.92 Å². The Morgan fingerprint density at radius 1 is 1.50 bits per heavy atom. The lowest BCUT2D eigenvalue weighted by Gasteiger charge is -2.32. The van der Waals surface area contributed by atoms with Crippen molar-refractivity contribution >= 4 is 28.4 Å². The predicted molar refractivity (Wildman–Crippen MR) is 82.6 cm³/mol. The highest BCUT2D eigenvalue weighted by Crippen LogP contribution is 2.28. The zero-order chi connectivity index (χ0) is 15.6. The highest BCUT2D eigenvalue weighted by molar-refractivity contribution is 7.89. The van der Waals surface area contributed by atoms with Crippen molar-refractivity contribution in [3.8, 4) is 0 Å². The average molecular weight is 353 g/mol. The molecule has 7 nitrogen and oxygen atoms in total. The maximum absolute atomic E-state index is 12.7. The second kappa shape index (κ2) is 7.45. The van der Waals surface area contributed by atoms with E-state index in [-0.39, 0.29) is 41.4 Å². The largest absolute Gasteiger partial charge is 0.465 e. The van der Waals surface area contributed by atoms with Gasteiger partial charge in [-0.1, -0.05) is 6.42 Å². The van der Waals surface area contributed by atoms with Gasteiger partial charge in [0.15, 0.2) is 0 Å². The SMILES string of the molecule is COC(=O)c1cc(S(=O)(=O)N2CCCCC2CN)oc1C.Cl. The molecular weight excluding hydrogens is 332 g/mol. The maximum atomic E-state index is 12.7. The summed E-state index contributed by atoms with van der Waals surface area (Å²) in [5.74, 6) is -0.395. The third-order valence-electron chi connectivity index (χ3n) is 3.71. The van der Waals surface area contributed by atoms with Crippen molar-refractivity contribution in [2.24, 2.45) is 5.73 Å². The highest BCUT2D eigenvalue weighted by atomic mass is 35.5. The van der Waals surface area contributed by atoms with Crippen LogP contribution in [-0.2, 0) is 14.8 Å². The number of carbonyl (C=O) groups is 1. The number of nitrogens with zero attached hydrogens (tertiary/aromatic N) is 1. The van der Waals surface area contributed by atoms with Crippen LogP contribution >= 0.6 is 12.4 Å². The molecule has 0 spiro atoms. The number of aryl methyl sites for hydroxylation is 1. The van der Waals surface area contributed by atoms with Crippen LogP contribution < -0.4 is 5.73 Å². The van der Waals surface area contributed by atoms with Crippen molar-refractivity contribution in [3.63, 3.8) is 0 Å². The Morgan fingerprint density at radius 2 is 2.18 bits per heavy atom. The van der Waals surface area contributed by atoms with Crippen molar-refractivity contribution in [3.05, 3.63) is 17.4 Å². The average Bonchev–Trinajstić information content (AvgIpc) is 2.89. The maximum Gasteiger partial charge on any atom is 0.341 e. The summed E-state index contributed by atoms with van der Waals surface area (Å²) >= 11 is 0. The Balaban J connectivity index is 0.00000242. The molecule has 2 rings (SSSR count). The summed E-state index contributed by atoms with van der Waals surface area (Å²) in [6, 6.07) is 0.995. The first kappa shape index (κ1) is 19.0. The van der Waals surface area contributed by atoms with Gasteiger partial charge in [0.2, 0.25) is 5.09 Å². The van der Waals surface area contributed by atoms with E-state index in [0.717, 1.165) is 19.3 Å². The topological polar surface area (TPSA) is 103 Å². The molecule has 0 bridgehead atoms. The molecule has 1 unspecified atom stereocenters. The fourth-order valence-corrected chi connectivity index (χ4v) is 4.22. The van der Waals surface area contributed by atoms with E-state index < -0.39 is 16.0 Å². The quantitative estimate of drug-likeness (QED) is 0.819. The molecule has 1 aliphatic heterocycles. The Kier molecular flexibility index (Phi) is 6.42. The molecule has 9 heteroatoms. The van der Waals surface area contributed by atoms with E-state index in [0.29, 0.717) is 6.54 Å². The molecule has 1 fully saturated rings. The first-order valence-electron chi connectivity index (χ1n) is 6.82. The minimum atomic E-state index is -3.79. The third kappa shape index (κ3) is 3.45. The molecule has 0 saturated carbocycles. The van der Waals surface area contributed by atoms with Gasteiger partial charge in [0.05, 0.1) is 7.11 Å². The lowest BCUT2D eigenvalue weighted by molar-refractivity contribution is 0.0598. The smallest absolute Gasteiger partial charge is 0.341 e. The number of hydrogen-bond acceptors (Lipinski definition) is 6. The summed E-state index contributed by atoms with van der Waals surface area (Å²) in [6.07, 6.45) is 2.48. The van der Waals surface area contributed by atoms with Gasteiger partial charge >= 0.3 is 5.97 Å². The predicted octanol–water partition coefficient (Wildman–Crippen LogP) is 1.30. The lowest BCUT2D eigenvalue weighted by Crippen LogP contribution is -2.47. The van der Waals surface area contributed by atoms with Gasteiger partial charge in [-0.25, -0.2) is 13.2 Å². The molecule has 1 aromatic heterocycles. The number of carbonyl (C=O) groups excluding carboxylic acids is 1. The molecule has 2 N–H and O–H groups in total. The van der Waals surface area contributed by atoms with Crippen LogP contribution in [0.1, 0.15) is 35.4 Å². The van der Waals surface area contributed by atoms with Crippen LogP contribution in [0.25, 0.3) is 0 Å². The van der Waals surface area contributed by atoms with Crippen LogP contribution in [0.5, 0.6) is 0 Å². The molecule has 2 heterocycles. The molecular formula is C13H21ClN2O5S. The second-order valence-electron chi connectivity index (χ2n) is 5.03. The van der Waals surface area contributed by atoms with Crippen molar-refractivity contribution in [1.82, 2.24) is 4.31 Å². The Bertz CT molecular complexity index is 628. The number of sulfonamides is 1. The van der Waals surface area contributed by atoms with Crippen LogP contribution in [0.4, 0.5) is 0 Å². The van der Waals surface area contributed by atoms with E-state index in [4.69, 9.17) is 10.2 Å². The monoisotopic (exact) mass is 352 g/mol. The van der Waals surface area contributed by atoms with Gasteiger partial charge in [-0.15, -0.1) is 12.4 Å². The van der Waals surface area contributed by atoms with Crippen molar-refractivity contribution in [1.29, 1.82) is 0 Å². The molecule has 126 valence electrons. The van der Waals surface area contributed by atoms with E-state index in [1.807, 2.05) is 0 Å². The van der Waals surface area contributed by atoms with E-state index in [1.54, 1.807) is 0 Å². The number of nitrogens with two attached hydrogens (primary N) is 1. The van der Waals surface area contributed by atoms with Crippen molar-refractivity contribution in [2.75, 3.05) is 20.2 Å². The fraction of sp³-hybridized carbons (Fsp3) is 0.615. The summed E-state index contributed by atoms with van der Waals surface area (Å²) in [6.45, 7) is 2.21. The molecule has 1 saturated heterocycles. The van der Waals surface area contributed by atoms with Crippen molar-refractivity contribution < 1.29 is 22.4 Å². The molecule has 22 heavy (non-hydrogen) atoms. The van der Waals surface area contributed by atoms with E-state index >= 15 is 0 Å². The minimum absolute atomic E-state index is 0. The van der Waals surface area contributed by atoms with Crippen molar-refractivity contribution in [2.45, 2.75) is 37.3 Å². The van der Waals surface area contributed by atoms with Crippen LogP contribution in [0.15, 0.2) is 15.6 Å². The number of hydrogen-bond donors (Lipinski definition) is 1. The number of piperidine rings is 1. The third-order valence-corrected chi connectivity index (χ3v) is 5.52. The van der Waals surface area contributed by atoms with Gasteiger partial charge in [0, 0.05) is 25.2 Å². The van der Waals surface area contributed by atoms with Gasteiger partial charge in [-0.2, -0.15) is 4.31 Å². The van der Waals surface area contributed by atoms with Gasteiger partial charge in [-0.3, -0.25) is 0 Å². The Morgan fingerprint density at radius 3 is 2.77 bits per heavy atom. The van der Waals surface area contributed by atoms with Gasteiger partial charge < -0.3 is 14.9 Å². The number of furan rings is 1. The number of methoxy groups -OCH3 is 1. The second-order valence-corrected chi connectivity index (χ2v) is 6.85. The molecule has 0 aliphatic carbocycles. The Hall–Kier alpha value is -1.09. The molecule has 0 amide bonds. The highest BCUT2D eigenvalue weighted by Gasteiger charge is 2.36. The standard InChI is InChI=1S/C13H20N2O5S.ClH/c1-9-11(13(16)19-2)7-12(20-9)21(17,18)15-6-4-3-5-10(15)8-14;/h7,10H,3-6,8,14H2,1-2H3;1H. The summed E-state index contributed by atoms with van der Waals surface area (Å²) in [5.41, 5.74) is 5.79. The van der Waals surface area contributed by atoms with Gasteiger partial charge in [-0.05, 0) is 19.8 Å². The minimum Gasteiger partial charge on any atom is -0.465 e. The van der Waals surface area contributed by atoms with Crippen LogP contribution in [0.2, 0.25) is 0 Å². The molecule has 1 aromatic rings. The molecule has 1 aliphatic rings. The zero-order valence-corrected chi connectivity index (χ0v) is 14.2. The summed E-state index contributed by atoms with van der Waals surface area (Å²) in [7, 11) is -2.55. The molecule has 0 aromatic carbocycles. The fourth-order valence-electron chi connectivity index (χ4n) is 2.54. The van der Waals surface area contributed by atoms with Gasteiger partial charge in [0.1, 0.15) is 11.3 Å². The first-order valence-corrected chi connectivity index (χ1v) is 8.26. The van der Waals surface area contributed by atoms with E-state index in [9.17, 15) is 13.2 Å².